The van der Waals surface area contributed by atoms with E-state index in [9.17, 15) is 13.2 Å². The van der Waals surface area contributed by atoms with Crippen LogP contribution in [0, 0.1) is 6.92 Å². The van der Waals surface area contributed by atoms with Gasteiger partial charge in [0.25, 0.3) is 5.91 Å². The van der Waals surface area contributed by atoms with Gasteiger partial charge in [-0.25, -0.2) is 8.42 Å². The van der Waals surface area contributed by atoms with Gasteiger partial charge in [0.05, 0.1) is 18.0 Å². The van der Waals surface area contributed by atoms with Crippen molar-refractivity contribution in [3.63, 3.8) is 0 Å². The van der Waals surface area contributed by atoms with Crippen molar-refractivity contribution in [2.45, 2.75) is 31.2 Å². The fourth-order valence-corrected chi connectivity index (χ4v) is 3.26. The molecule has 0 bridgehead atoms. The molecule has 0 aromatic heterocycles. The molecule has 2 aromatic rings. The summed E-state index contributed by atoms with van der Waals surface area (Å²) in [5.41, 5.74) is 2.32. The van der Waals surface area contributed by atoms with Crippen molar-refractivity contribution >= 4 is 15.7 Å². The van der Waals surface area contributed by atoms with E-state index >= 15 is 0 Å². The van der Waals surface area contributed by atoms with Crippen LogP contribution in [0.3, 0.4) is 0 Å². The lowest BCUT2D eigenvalue weighted by atomic mass is 10.0. The summed E-state index contributed by atoms with van der Waals surface area (Å²) in [7, 11) is -1.64. The van der Waals surface area contributed by atoms with E-state index in [0.29, 0.717) is 12.0 Å². The van der Waals surface area contributed by atoms with E-state index in [2.05, 4.69) is 5.32 Å². The number of sulfone groups is 1. The maximum absolute atomic E-state index is 12.5. The van der Waals surface area contributed by atoms with Gasteiger partial charge in [0, 0.05) is 11.8 Å². The summed E-state index contributed by atoms with van der Waals surface area (Å²) in [5, 5.41) is 2.99. The minimum Gasteiger partial charge on any atom is -0.496 e. The Labute approximate surface area is 148 Å². The van der Waals surface area contributed by atoms with Crippen LogP contribution in [0.25, 0.3) is 0 Å². The molecule has 0 spiro atoms. The Morgan fingerprint density at radius 3 is 2.28 bits per heavy atom. The van der Waals surface area contributed by atoms with E-state index in [1.807, 2.05) is 13.8 Å². The van der Waals surface area contributed by atoms with Gasteiger partial charge in [0.2, 0.25) is 0 Å². The third-order valence-corrected chi connectivity index (χ3v) is 5.21. The Hall–Kier alpha value is -2.34. The highest BCUT2D eigenvalue weighted by Crippen LogP contribution is 2.22. The van der Waals surface area contributed by atoms with Crippen LogP contribution in [-0.2, 0) is 9.84 Å². The molecule has 2 aromatic carbocycles. The molecule has 1 amide bonds. The van der Waals surface area contributed by atoms with Gasteiger partial charge in [-0.1, -0.05) is 19.1 Å². The quantitative estimate of drug-likeness (QED) is 0.857. The van der Waals surface area contributed by atoms with Gasteiger partial charge in [-0.05, 0) is 54.8 Å². The zero-order valence-electron chi connectivity index (χ0n) is 14.9. The Bertz CT molecular complexity index is 857. The van der Waals surface area contributed by atoms with Crippen molar-refractivity contribution in [2.24, 2.45) is 0 Å². The smallest absolute Gasteiger partial charge is 0.251 e. The number of ether oxygens (including phenoxy) is 1. The normalized spacial score (nSPS) is 12.5. The van der Waals surface area contributed by atoms with E-state index in [4.69, 9.17) is 4.74 Å². The number of hydrogen-bond acceptors (Lipinski definition) is 4. The molecular formula is C19H23NO4S. The summed E-state index contributed by atoms with van der Waals surface area (Å²) in [6, 6.07) is 11.7. The molecule has 0 heterocycles. The summed E-state index contributed by atoms with van der Waals surface area (Å²) in [5.74, 6) is 0.560. The van der Waals surface area contributed by atoms with Crippen molar-refractivity contribution in [3.05, 3.63) is 59.2 Å². The zero-order chi connectivity index (χ0) is 18.6. The van der Waals surface area contributed by atoms with E-state index in [1.54, 1.807) is 49.6 Å². The molecule has 25 heavy (non-hydrogen) atoms. The highest BCUT2D eigenvalue weighted by Gasteiger charge is 2.16. The van der Waals surface area contributed by atoms with E-state index in [-0.39, 0.29) is 16.8 Å². The molecule has 0 radical (unpaired) electrons. The standard InChI is InChI=1S/C19H23NO4S/c1-5-17(14-6-9-16(10-7-14)25(4,22)23)20-19(21)15-8-11-18(24-3)13(2)12-15/h6-12,17H,5H2,1-4H3,(H,20,21)/t17-/m0/s1. The lowest BCUT2D eigenvalue weighted by Crippen LogP contribution is -2.28. The van der Waals surface area contributed by atoms with Crippen LogP contribution in [0.15, 0.2) is 47.4 Å². The second-order valence-electron chi connectivity index (χ2n) is 5.96. The zero-order valence-corrected chi connectivity index (χ0v) is 15.7. The largest absolute Gasteiger partial charge is 0.496 e. The molecule has 0 saturated heterocycles. The highest BCUT2D eigenvalue weighted by atomic mass is 32.2. The van der Waals surface area contributed by atoms with E-state index in [1.165, 1.54) is 6.26 Å². The summed E-state index contributed by atoms with van der Waals surface area (Å²) >= 11 is 0. The summed E-state index contributed by atoms with van der Waals surface area (Å²) in [6.45, 7) is 3.85. The third kappa shape index (κ3) is 4.60. The molecule has 0 aliphatic carbocycles. The Morgan fingerprint density at radius 2 is 1.80 bits per heavy atom. The Balaban J connectivity index is 2.18. The number of benzene rings is 2. The molecule has 2 rings (SSSR count). The molecule has 5 nitrogen and oxygen atoms in total. The number of carbonyl (C=O) groups excluding carboxylic acids is 1. The van der Waals surface area contributed by atoms with Crippen LogP contribution in [0.2, 0.25) is 0 Å². The highest BCUT2D eigenvalue weighted by molar-refractivity contribution is 7.90. The Morgan fingerprint density at radius 1 is 1.16 bits per heavy atom. The van der Waals surface area contributed by atoms with Crippen LogP contribution in [0.5, 0.6) is 5.75 Å². The van der Waals surface area contributed by atoms with E-state index < -0.39 is 9.84 Å². The second kappa shape index (κ2) is 7.70. The number of methoxy groups -OCH3 is 1. The molecule has 0 unspecified atom stereocenters. The maximum atomic E-state index is 12.5. The van der Waals surface area contributed by atoms with Gasteiger partial charge >= 0.3 is 0 Å². The molecule has 1 N–H and O–H groups in total. The number of carbonyl (C=O) groups is 1. The number of aryl methyl sites for hydroxylation is 1. The number of rotatable bonds is 6. The molecule has 134 valence electrons. The van der Waals surface area contributed by atoms with Gasteiger partial charge in [-0.3, -0.25) is 4.79 Å². The van der Waals surface area contributed by atoms with Crippen molar-refractivity contribution in [1.29, 1.82) is 0 Å². The van der Waals surface area contributed by atoms with Gasteiger partial charge in [0.1, 0.15) is 5.75 Å². The molecule has 0 saturated carbocycles. The molecular weight excluding hydrogens is 338 g/mol. The van der Waals surface area contributed by atoms with E-state index in [0.717, 1.165) is 16.9 Å². The first-order chi connectivity index (χ1) is 11.8. The predicted molar refractivity (Wildman–Crippen MR) is 97.8 cm³/mol. The van der Waals surface area contributed by atoms with Gasteiger partial charge in [0.15, 0.2) is 9.84 Å². The van der Waals surface area contributed by atoms with Crippen LogP contribution >= 0.6 is 0 Å². The summed E-state index contributed by atoms with van der Waals surface area (Å²) in [6.07, 6.45) is 1.87. The average molecular weight is 361 g/mol. The van der Waals surface area contributed by atoms with Crippen molar-refractivity contribution in [2.75, 3.05) is 13.4 Å². The fraction of sp³-hybridized carbons (Fsp3) is 0.316. The van der Waals surface area contributed by atoms with Crippen LogP contribution < -0.4 is 10.1 Å². The van der Waals surface area contributed by atoms with Crippen molar-refractivity contribution < 1.29 is 17.9 Å². The average Bonchev–Trinajstić information content (AvgIpc) is 2.58. The molecule has 0 aliphatic rings. The summed E-state index contributed by atoms with van der Waals surface area (Å²) in [4.78, 5) is 12.8. The Kier molecular flexibility index (Phi) is 5.85. The third-order valence-electron chi connectivity index (χ3n) is 4.08. The van der Waals surface area contributed by atoms with Gasteiger partial charge in [-0.2, -0.15) is 0 Å². The first kappa shape index (κ1) is 19.0. The minimum absolute atomic E-state index is 0.176. The molecule has 1 atom stereocenters. The summed E-state index contributed by atoms with van der Waals surface area (Å²) < 4.78 is 28.3. The van der Waals surface area contributed by atoms with Crippen LogP contribution in [0.4, 0.5) is 0 Å². The van der Waals surface area contributed by atoms with Crippen molar-refractivity contribution in [3.8, 4) is 5.75 Å². The molecule has 0 fully saturated rings. The van der Waals surface area contributed by atoms with Crippen LogP contribution in [0.1, 0.15) is 40.9 Å². The minimum atomic E-state index is -3.23. The lowest BCUT2D eigenvalue weighted by molar-refractivity contribution is 0.0935. The fourth-order valence-electron chi connectivity index (χ4n) is 2.63. The second-order valence-corrected chi connectivity index (χ2v) is 7.98. The number of nitrogens with one attached hydrogen (secondary N) is 1. The van der Waals surface area contributed by atoms with Crippen LogP contribution in [-0.4, -0.2) is 27.7 Å². The van der Waals surface area contributed by atoms with Gasteiger partial charge in [-0.15, -0.1) is 0 Å². The van der Waals surface area contributed by atoms with Gasteiger partial charge < -0.3 is 10.1 Å². The first-order valence-electron chi connectivity index (χ1n) is 8.01. The SMILES string of the molecule is CC[C@H](NC(=O)c1ccc(OC)c(C)c1)c1ccc(S(C)(=O)=O)cc1. The maximum Gasteiger partial charge on any atom is 0.251 e. The topological polar surface area (TPSA) is 72.5 Å². The lowest BCUT2D eigenvalue weighted by Gasteiger charge is -2.18. The first-order valence-corrected chi connectivity index (χ1v) is 9.91. The molecule has 6 heteroatoms. The molecule has 0 aliphatic heterocycles. The predicted octanol–water partition coefficient (Wildman–Crippen LogP) is 3.29. The number of amides is 1. The number of hydrogen-bond donors (Lipinski definition) is 1. The van der Waals surface area contributed by atoms with Crippen molar-refractivity contribution in [1.82, 2.24) is 5.32 Å². The monoisotopic (exact) mass is 361 g/mol.